The summed E-state index contributed by atoms with van der Waals surface area (Å²) >= 11 is 0. The third kappa shape index (κ3) is 2.42. The number of rotatable bonds is 3. The summed E-state index contributed by atoms with van der Waals surface area (Å²) in [5.74, 6) is 1.34. The Hall–Kier alpha value is -1.54. The fraction of sp³-hybridized carbons (Fsp3) is 0.333. The van der Waals surface area contributed by atoms with Crippen molar-refractivity contribution in [1.29, 1.82) is 0 Å². The van der Waals surface area contributed by atoms with Gasteiger partial charge in [-0.05, 0) is 40.5 Å². The minimum absolute atomic E-state index is 0.0986. The largest absolute Gasteiger partial charge is 0.497 e. The smallest absolute Gasteiger partial charge is 0.119 e. The van der Waals surface area contributed by atoms with Crippen molar-refractivity contribution >= 4 is 10.8 Å². The van der Waals surface area contributed by atoms with Gasteiger partial charge in [0.15, 0.2) is 0 Å². The van der Waals surface area contributed by atoms with Crippen LogP contribution in [0.3, 0.4) is 0 Å². The molecule has 0 spiro atoms. The zero-order chi connectivity index (χ0) is 12.4. The average Bonchev–Trinajstić information content (AvgIpc) is 2.36. The van der Waals surface area contributed by atoms with Crippen LogP contribution in [0.25, 0.3) is 10.8 Å². The molecule has 1 atom stereocenters. The standard InChI is InChI=1S/C15H19NO/c1-10(2)15(16)13-5-4-12-9-14(17-3)7-6-11(12)8-13/h4-10,15H,16H2,1-3H3/t15-/m0/s1. The number of nitrogens with two attached hydrogens (primary N) is 1. The average molecular weight is 229 g/mol. The molecule has 2 heteroatoms. The summed E-state index contributed by atoms with van der Waals surface area (Å²) in [6.07, 6.45) is 0. The molecule has 90 valence electrons. The van der Waals surface area contributed by atoms with Gasteiger partial charge in [-0.15, -0.1) is 0 Å². The van der Waals surface area contributed by atoms with E-state index in [-0.39, 0.29) is 6.04 Å². The van der Waals surface area contributed by atoms with Crippen molar-refractivity contribution in [3.8, 4) is 5.75 Å². The Kier molecular flexibility index (Phi) is 3.34. The monoisotopic (exact) mass is 229 g/mol. The lowest BCUT2D eigenvalue weighted by atomic mass is 9.95. The van der Waals surface area contributed by atoms with E-state index in [0.29, 0.717) is 5.92 Å². The van der Waals surface area contributed by atoms with Crippen molar-refractivity contribution < 1.29 is 4.74 Å². The second-order valence-corrected chi connectivity index (χ2v) is 4.74. The van der Waals surface area contributed by atoms with Crippen LogP contribution >= 0.6 is 0 Å². The predicted octanol–water partition coefficient (Wildman–Crippen LogP) is 3.50. The van der Waals surface area contributed by atoms with Gasteiger partial charge < -0.3 is 10.5 Å². The van der Waals surface area contributed by atoms with Gasteiger partial charge in [0, 0.05) is 6.04 Å². The molecule has 17 heavy (non-hydrogen) atoms. The van der Waals surface area contributed by atoms with Gasteiger partial charge in [0.2, 0.25) is 0 Å². The van der Waals surface area contributed by atoms with E-state index < -0.39 is 0 Å². The topological polar surface area (TPSA) is 35.2 Å². The van der Waals surface area contributed by atoms with E-state index in [2.05, 4.69) is 38.1 Å². The van der Waals surface area contributed by atoms with Crippen molar-refractivity contribution in [1.82, 2.24) is 0 Å². The van der Waals surface area contributed by atoms with E-state index in [9.17, 15) is 0 Å². The molecule has 0 unspecified atom stereocenters. The van der Waals surface area contributed by atoms with Crippen LogP contribution in [0, 0.1) is 5.92 Å². The number of benzene rings is 2. The molecule has 0 aliphatic rings. The zero-order valence-corrected chi connectivity index (χ0v) is 10.6. The van der Waals surface area contributed by atoms with Crippen LogP contribution in [0.15, 0.2) is 36.4 Å². The number of fused-ring (bicyclic) bond motifs is 1. The number of hydrogen-bond donors (Lipinski definition) is 1. The first-order valence-corrected chi connectivity index (χ1v) is 5.95. The van der Waals surface area contributed by atoms with Gasteiger partial charge in [-0.25, -0.2) is 0 Å². The van der Waals surface area contributed by atoms with Crippen LogP contribution in [0.1, 0.15) is 25.5 Å². The highest BCUT2D eigenvalue weighted by Gasteiger charge is 2.10. The van der Waals surface area contributed by atoms with E-state index in [1.165, 1.54) is 16.3 Å². The molecule has 2 rings (SSSR count). The van der Waals surface area contributed by atoms with Gasteiger partial charge in [-0.3, -0.25) is 0 Å². The minimum Gasteiger partial charge on any atom is -0.497 e. The molecular weight excluding hydrogens is 210 g/mol. The molecule has 2 nitrogen and oxygen atoms in total. The molecule has 0 radical (unpaired) electrons. The maximum absolute atomic E-state index is 6.16. The van der Waals surface area contributed by atoms with Crippen LogP contribution < -0.4 is 10.5 Å². The Bertz CT molecular complexity index is 519. The van der Waals surface area contributed by atoms with Crippen molar-refractivity contribution in [3.05, 3.63) is 42.0 Å². The first kappa shape index (κ1) is 11.9. The second kappa shape index (κ2) is 4.76. The summed E-state index contributed by atoms with van der Waals surface area (Å²) in [6.45, 7) is 4.28. The molecule has 0 fully saturated rings. The van der Waals surface area contributed by atoms with Crippen molar-refractivity contribution in [2.24, 2.45) is 11.7 Å². The lowest BCUT2D eigenvalue weighted by Gasteiger charge is -2.16. The van der Waals surface area contributed by atoms with Crippen LogP contribution in [0.5, 0.6) is 5.75 Å². The molecule has 0 saturated carbocycles. The Morgan fingerprint density at radius 2 is 1.65 bits per heavy atom. The Labute approximate surface area is 102 Å². The quantitative estimate of drug-likeness (QED) is 0.874. The Morgan fingerprint density at radius 1 is 1.00 bits per heavy atom. The van der Waals surface area contributed by atoms with Gasteiger partial charge >= 0.3 is 0 Å². The van der Waals surface area contributed by atoms with Crippen molar-refractivity contribution in [2.45, 2.75) is 19.9 Å². The molecule has 2 aromatic carbocycles. The van der Waals surface area contributed by atoms with Gasteiger partial charge in [0.1, 0.15) is 5.75 Å². The molecule has 0 aromatic heterocycles. The van der Waals surface area contributed by atoms with E-state index in [1.807, 2.05) is 12.1 Å². The predicted molar refractivity (Wildman–Crippen MR) is 72.3 cm³/mol. The Balaban J connectivity index is 2.44. The molecule has 0 aliphatic carbocycles. The molecule has 2 N–H and O–H groups in total. The lowest BCUT2D eigenvalue weighted by Crippen LogP contribution is -2.16. The molecule has 0 aliphatic heterocycles. The van der Waals surface area contributed by atoms with Crippen LogP contribution in [-0.2, 0) is 0 Å². The van der Waals surface area contributed by atoms with Gasteiger partial charge in [-0.2, -0.15) is 0 Å². The van der Waals surface area contributed by atoms with Crippen molar-refractivity contribution in [3.63, 3.8) is 0 Å². The summed E-state index contributed by atoms with van der Waals surface area (Å²) < 4.78 is 5.21. The molecule has 0 amide bonds. The molecule has 0 saturated heterocycles. The van der Waals surface area contributed by atoms with E-state index in [0.717, 1.165) is 5.75 Å². The zero-order valence-electron chi connectivity index (χ0n) is 10.6. The molecule has 0 heterocycles. The third-order valence-corrected chi connectivity index (χ3v) is 3.17. The van der Waals surface area contributed by atoms with Crippen molar-refractivity contribution in [2.75, 3.05) is 7.11 Å². The first-order valence-electron chi connectivity index (χ1n) is 5.95. The highest BCUT2D eigenvalue weighted by molar-refractivity contribution is 5.84. The van der Waals surface area contributed by atoms with Gasteiger partial charge in [0.25, 0.3) is 0 Å². The molecular formula is C15H19NO. The summed E-state index contributed by atoms with van der Waals surface area (Å²) in [6, 6.07) is 12.6. The maximum Gasteiger partial charge on any atom is 0.119 e. The maximum atomic E-state index is 6.16. The highest BCUT2D eigenvalue weighted by atomic mass is 16.5. The highest BCUT2D eigenvalue weighted by Crippen LogP contribution is 2.26. The van der Waals surface area contributed by atoms with Crippen LogP contribution in [0.2, 0.25) is 0 Å². The van der Waals surface area contributed by atoms with E-state index in [1.54, 1.807) is 7.11 Å². The number of hydrogen-bond acceptors (Lipinski definition) is 2. The van der Waals surface area contributed by atoms with Gasteiger partial charge in [-0.1, -0.05) is 32.0 Å². The summed E-state index contributed by atoms with van der Waals surface area (Å²) in [7, 11) is 1.68. The van der Waals surface area contributed by atoms with Gasteiger partial charge in [0.05, 0.1) is 7.11 Å². The van der Waals surface area contributed by atoms with E-state index in [4.69, 9.17) is 10.5 Å². The third-order valence-electron chi connectivity index (χ3n) is 3.17. The van der Waals surface area contributed by atoms with E-state index >= 15 is 0 Å². The lowest BCUT2D eigenvalue weighted by molar-refractivity contribution is 0.415. The summed E-state index contributed by atoms with van der Waals surface area (Å²) in [5, 5.41) is 2.39. The fourth-order valence-corrected chi connectivity index (χ4v) is 1.96. The molecule has 0 bridgehead atoms. The normalized spacial score (nSPS) is 13.0. The number of ether oxygens (including phenoxy) is 1. The van der Waals surface area contributed by atoms with Crippen LogP contribution in [0.4, 0.5) is 0 Å². The summed E-state index contributed by atoms with van der Waals surface area (Å²) in [4.78, 5) is 0. The number of methoxy groups -OCH3 is 1. The first-order chi connectivity index (χ1) is 8.11. The molecule has 2 aromatic rings. The summed E-state index contributed by atoms with van der Waals surface area (Å²) in [5.41, 5.74) is 7.35. The fourth-order valence-electron chi connectivity index (χ4n) is 1.96. The Morgan fingerprint density at radius 3 is 2.29 bits per heavy atom. The SMILES string of the molecule is COc1ccc2cc([C@@H](N)C(C)C)ccc2c1. The van der Waals surface area contributed by atoms with Crippen LogP contribution in [-0.4, -0.2) is 7.11 Å². The minimum atomic E-state index is 0.0986. The second-order valence-electron chi connectivity index (χ2n) is 4.74.